The second-order valence-electron chi connectivity index (χ2n) is 8.00. The highest BCUT2D eigenvalue weighted by atomic mass is 19.1. The molecule has 0 aromatic heterocycles. The molecule has 3 aromatic rings. The fourth-order valence-electron chi connectivity index (χ4n) is 3.93. The van der Waals surface area contributed by atoms with E-state index in [1.165, 1.54) is 50.6 Å². The van der Waals surface area contributed by atoms with Crippen LogP contribution in [0.25, 0.3) is 0 Å². The number of primary amides is 1. The number of amides is 2. The molecule has 190 valence electrons. The maximum absolute atomic E-state index is 13.9. The van der Waals surface area contributed by atoms with Crippen LogP contribution in [0.15, 0.2) is 60.7 Å². The molecule has 1 unspecified atom stereocenters. The molecular weight excluding hydrogens is 470 g/mol. The van der Waals surface area contributed by atoms with Gasteiger partial charge < -0.3 is 24.8 Å². The van der Waals surface area contributed by atoms with Gasteiger partial charge in [-0.05, 0) is 53.9 Å². The molecule has 0 aliphatic rings. The summed E-state index contributed by atoms with van der Waals surface area (Å²) in [5, 5.41) is 0. The van der Waals surface area contributed by atoms with Crippen molar-refractivity contribution in [1.29, 1.82) is 0 Å². The molecule has 0 spiro atoms. The van der Waals surface area contributed by atoms with E-state index in [9.17, 15) is 18.4 Å². The molecule has 0 aliphatic heterocycles. The van der Waals surface area contributed by atoms with Gasteiger partial charge in [-0.25, -0.2) is 8.78 Å². The van der Waals surface area contributed by atoms with Crippen molar-refractivity contribution in [1.82, 2.24) is 4.90 Å². The molecule has 0 saturated heterocycles. The summed E-state index contributed by atoms with van der Waals surface area (Å²) in [4.78, 5) is 26.7. The lowest BCUT2D eigenvalue weighted by molar-refractivity contribution is -0.120. The first-order valence-corrected chi connectivity index (χ1v) is 11.2. The van der Waals surface area contributed by atoms with Gasteiger partial charge >= 0.3 is 0 Å². The molecule has 2 amide bonds. The molecule has 0 saturated carbocycles. The predicted octanol–water partition coefficient (Wildman–Crippen LogP) is 4.64. The van der Waals surface area contributed by atoms with Gasteiger partial charge in [0.25, 0.3) is 11.8 Å². The number of benzene rings is 3. The third kappa shape index (κ3) is 6.29. The Morgan fingerprint density at radius 1 is 0.944 bits per heavy atom. The number of carbonyl (C=O) groups excluding carboxylic acids is 2. The Kier molecular flexibility index (Phi) is 8.83. The van der Waals surface area contributed by atoms with E-state index in [0.717, 1.165) is 5.56 Å². The van der Waals surface area contributed by atoms with Crippen LogP contribution in [0.5, 0.6) is 17.2 Å². The highest BCUT2D eigenvalue weighted by Crippen LogP contribution is 2.40. The van der Waals surface area contributed by atoms with Gasteiger partial charge in [-0.2, -0.15) is 0 Å². The van der Waals surface area contributed by atoms with E-state index < -0.39 is 36.1 Å². The molecule has 0 fully saturated rings. The van der Waals surface area contributed by atoms with Crippen molar-refractivity contribution in [2.75, 3.05) is 20.8 Å². The number of carbonyl (C=O) groups is 2. The maximum Gasteiger partial charge on any atom is 0.255 e. The summed E-state index contributed by atoms with van der Waals surface area (Å²) in [5.74, 6) is -1.44. The molecule has 7 nitrogen and oxygen atoms in total. The quantitative estimate of drug-likeness (QED) is 0.416. The lowest BCUT2D eigenvalue weighted by Crippen LogP contribution is -2.34. The summed E-state index contributed by atoms with van der Waals surface area (Å²) < 4.78 is 43.8. The Morgan fingerprint density at radius 3 is 2.11 bits per heavy atom. The van der Waals surface area contributed by atoms with Gasteiger partial charge in [0.05, 0.1) is 20.3 Å². The Hall–Kier alpha value is -4.14. The third-order valence-corrected chi connectivity index (χ3v) is 5.59. The van der Waals surface area contributed by atoms with Gasteiger partial charge in [0, 0.05) is 12.1 Å². The highest BCUT2D eigenvalue weighted by Gasteiger charge is 2.28. The molecular formula is C27H28F2N2O5. The number of rotatable bonds is 11. The van der Waals surface area contributed by atoms with E-state index in [0.29, 0.717) is 12.0 Å². The zero-order valence-corrected chi connectivity index (χ0v) is 20.3. The third-order valence-electron chi connectivity index (χ3n) is 5.59. The largest absolute Gasteiger partial charge is 0.493 e. The number of ether oxygens (including phenoxy) is 3. The van der Waals surface area contributed by atoms with Crippen LogP contribution in [0.1, 0.15) is 40.9 Å². The Bertz CT molecular complexity index is 1190. The Morgan fingerprint density at radius 2 is 1.58 bits per heavy atom. The number of hydrogen-bond donors (Lipinski definition) is 1. The zero-order chi connectivity index (χ0) is 26.2. The van der Waals surface area contributed by atoms with E-state index in [4.69, 9.17) is 19.9 Å². The van der Waals surface area contributed by atoms with Crippen molar-refractivity contribution in [3.63, 3.8) is 0 Å². The first-order valence-electron chi connectivity index (χ1n) is 11.2. The van der Waals surface area contributed by atoms with Crippen molar-refractivity contribution >= 4 is 11.8 Å². The van der Waals surface area contributed by atoms with Crippen LogP contribution in [0, 0.1) is 11.6 Å². The molecule has 0 heterocycles. The fraction of sp³-hybridized carbons (Fsp3) is 0.259. The van der Waals surface area contributed by atoms with Crippen molar-refractivity contribution in [3.8, 4) is 17.2 Å². The van der Waals surface area contributed by atoms with E-state index in [-0.39, 0.29) is 29.4 Å². The summed E-state index contributed by atoms with van der Waals surface area (Å²) in [6.45, 7) is 1.59. The Labute approximate surface area is 208 Å². The number of nitrogens with two attached hydrogens (primary N) is 1. The smallest absolute Gasteiger partial charge is 0.255 e. The second-order valence-corrected chi connectivity index (χ2v) is 8.00. The molecule has 9 heteroatoms. The van der Waals surface area contributed by atoms with E-state index in [2.05, 4.69) is 0 Å². The normalized spacial score (nSPS) is 11.5. The van der Waals surface area contributed by atoms with Crippen LogP contribution >= 0.6 is 0 Å². The minimum absolute atomic E-state index is 0.0943. The monoisotopic (exact) mass is 498 g/mol. The average molecular weight is 499 g/mol. The van der Waals surface area contributed by atoms with Crippen LogP contribution in [0.3, 0.4) is 0 Å². The minimum Gasteiger partial charge on any atom is -0.493 e. The molecule has 1 atom stereocenters. The number of methoxy groups -OCH3 is 2. The molecule has 3 rings (SSSR count). The summed E-state index contributed by atoms with van der Waals surface area (Å²) >= 11 is 0. The van der Waals surface area contributed by atoms with Gasteiger partial charge in [-0.3, -0.25) is 9.59 Å². The average Bonchev–Trinajstić information content (AvgIpc) is 2.87. The number of halogens is 2. The molecule has 3 aromatic carbocycles. The summed E-state index contributed by atoms with van der Waals surface area (Å²) in [5.41, 5.74) is 6.71. The first kappa shape index (κ1) is 26.5. The SMILES string of the molecule is CCC(c1ccc(F)cc1)N(Cc1cccc(F)c1)C(=O)c1cc(OC)c(OCC(N)=O)c(OC)c1. The molecule has 0 aliphatic carbocycles. The summed E-state index contributed by atoms with van der Waals surface area (Å²) in [6, 6.07) is 14.4. The molecule has 0 radical (unpaired) electrons. The van der Waals surface area contributed by atoms with E-state index in [1.54, 1.807) is 29.2 Å². The molecule has 36 heavy (non-hydrogen) atoms. The number of nitrogens with zero attached hydrogens (tertiary/aromatic N) is 1. The summed E-state index contributed by atoms with van der Waals surface area (Å²) in [7, 11) is 2.77. The molecule has 0 bridgehead atoms. The van der Waals surface area contributed by atoms with Crippen molar-refractivity contribution < 1.29 is 32.6 Å². The lowest BCUT2D eigenvalue weighted by Gasteiger charge is -2.32. The standard InChI is InChI=1S/C27H28F2N2O5/c1-4-22(18-8-10-20(28)11-9-18)31(15-17-6-5-7-21(29)12-17)27(33)19-13-23(34-2)26(24(14-19)35-3)36-16-25(30)32/h5-14,22H,4,15-16H2,1-3H3,(H2,30,32). The second kappa shape index (κ2) is 12.0. The lowest BCUT2D eigenvalue weighted by atomic mass is 10.00. The maximum atomic E-state index is 13.9. The predicted molar refractivity (Wildman–Crippen MR) is 130 cm³/mol. The number of hydrogen-bond acceptors (Lipinski definition) is 5. The van der Waals surface area contributed by atoms with Crippen molar-refractivity contribution in [2.24, 2.45) is 5.73 Å². The zero-order valence-electron chi connectivity index (χ0n) is 20.3. The van der Waals surface area contributed by atoms with Gasteiger partial charge in [-0.15, -0.1) is 0 Å². The fourth-order valence-corrected chi connectivity index (χ4v) is 3.93. The van der Waals surface area contributed by atoms with Crippen LogP contribution in [0.2, 0.25) is 0 Å². The van der Waals surface area contributed by atoms with E-state index >= 15 is 0 Å². The van der Waals surface area contributed by atoms with Crippen molar-refractivity contribution in [3.05, 3.63) is 89.0 Å². The van der Waals surface area contributed by atoms with Crippen molar-refractivity contribution in [2.45, 2.75) is 25.9 Å². The van der Waals surface area contributed by atoms with Crippen LogP contribution in [0.4, 0.5) is 8.78 Å². The minimum atomic E-state index is -0.689. The Balaban J connectivity index is 2.08. The van der Waals surface area contributed by atoms with E-state index in [1.807, 2.05) is 6.92 Å². The van der Waals surface area contributed by atoms with Gasteiger partial charge in [0.2, 0.25) is 5.75 Å². The van der Waals surface area contributed by atoms with Gasteiger partial charge in [0.15, 0.2) is 18.1 Å². The van der Waals surface area contributed by atoms with Gasteiger partial charge in [-0.1, -0.05) is 31.2 Å². The first-order chi connectivity index (χ1) is 17.3. The van der Waals surface area contributed by atoms with Gasteiger partial charge in [0.1, 0.15) is 11.6 Å². The topological polar surface area (TPSA) is 91.1 Å². The van der Waals surface area contributed by atoms with Crippen LogP contribution < -0.4 is 19.9 Å². The summed E-state index contributed by atoms with van der Waals surface area (Å²) in [6.07, 6.45) is 0.515. The van der Waals surface area contributed by atoms with Crippen LogP contribution in [-0.2, 0) is 11.3 Å². The molecule has 2 N–H and O–H groups in total. The van der Waals surface area contributed by atoms with Crippen LogP contribution in [-0.4, -0.2) is 37.5 Å². The highest BCUT2D eigenvalue weighted by molar-refractivity contribution is 5.96.